The van der Waals surface area contributed by atoms with Gasteiger partial charge in [0.2, 0.25) is 0 Å². The van der Waals surface area contributed by atoms with Crippen LogP contribution >= 0.6 is 0 Å². The molecule has 0 saturated carbocycles. The lowest BCUT2D eigenvalue weighted by Crippen LogP contribution is -2.49. The molecule has 2 heterocycles. The molecule has 0 unspecified atom stereocenters. The Kier molecular flexibility index (Phi) is 6.43. The van der Waals surface area contributed by atoms with Crippen molar-refractivity contribution in [1.29, 1.82) is 0 Å². The average Bonchev–Trinajstić information content (AvgIpc) is 3.52. The number of benzene rings is 4. The quantitative estimate of drug-likeness (QED) is 0.213. The van der Waals surface area contributed by atoms with Crippen LogP contribution in [0.4, 0.5) is 0 Å². The van der Waals surface area contributed by atoms with Crippen LogP contribution in [0.15, 0.2) is 0 Å². The molecule has 0 saturated heterocycles. The van der Waals surface area contributed by atoms with E-state index in [-0.39, 0.29) is 0 Å². The molecule has 17 heteroatoms. The number of aromatic nitrogens is 2. The number of hydrogen-bond donors (Lipinski definition) is 1. The highest BCUT2D eigenvalue weighted by molar-refractivity contribution is 6.73. The van der Waals surface area contributed by atoms with E-state index in [9.17, 15) is 0 Å². The molecular weight excluding hydrogens is 478 g/mol. The van der Waals surface area contributed by atoms with Crippen LogP contribution < -0.4 is 81.9 Å². The van der Waals surface area contributed by atoms with E-state index in [1.807, 2.05) is 0 Å². The van der Waals surface area contributed by atoms with Gasteiger partial charge >= 0.3 is 0 Å². The second kappa shape index (κ2) is 9.22. The first-order valence-electron chi connectivity index (χ1n) is 15.2. The molecule has 0 aliphatic heterocycles. The lowest BCUT2D eigenvalue weighted by molar-refractivity contribution is 1.22. The molecule has 1 N–H and O–H groups in total. The molecule has 6 aromatic rings. The minimum atomic E-state index is 1.29. The van der Waals surface area contributed by atoms with Crippen molar-refractivity contribution in [2.24, 2.45) is 0 Å². The molecule has 4 aromatic carbocycles. The minimum absolute atomic E-state index is 1.29. The molecule has 0 aliphatic carbocycles. The minimum Gasteiger partial charge on any atom is -0.356 e. The monoisotopic (exact) mass is 512 g/mol. The maximum atomic E-state index is 3.92. The van der Waals surface area contributed by atoms with Crippen molar-refractivity contribution in [3.05, 3.63) is 0 Å². The normalized spacial score (nSPS) is 11.9. The van der Waals surface area contributed by atoms with Crippen molar-refractivity contribution < 1.29 is 0 Å². The first-order valence-corrected chi connectivity index (χ1v) is 15.2. The van der Waals surface area contributed by atoms with Gasteiger partial charge in [0.05, 0.1) is 0 Å². The van der Waals surface area contributed by atoms with E-state index < -0.39 is 0 Å². The second-order valence-electron chi connectivity index (χ2n) is 13.1. The van der Waals surface area contributed by atoms with Gasteiger partial charge in [0, 0.05) is 33.1 Å². The number of aromatic amines is 1. The van der Waals surface area contributed by atoms with E-state index in [4.69, 9.17) is 0 Å². The third-order valence-corrected chi connectivity index (χ3v) is 11.7. The Labute approximate surface area is 257 Å². The molecule has 2 nitrogen and oxygen atoms in total. The molecule has 0 radical (unpaired) electrons. The molecule has 2 aromatic heterocycles. The summed E-state index contributed by atoms with van der Waals surface area (Å²) >= 11 is 0. The van der Waals surface area contributed by atoms with E-state index in [0.717, 1.165) is 0 Å². The smallest absolute Gasteiger partial charge is 0.142 e. The van der Waals surface area contributed by atoms with Crippen molar-refractivity contribution in [3.8, 4) is 5.69 Å². The van der Waals surface area contributed by atoms with Crippen LogP contribution in [0.25, 0.3) is 49.3 Å². The summed E-state index contributed by atoms with van der Waals surface area (Å²) in [5.41, 5.74) is 27.6. The van der Waals surface area contributed by atoms with E-state index >= 15 is 0 Å². The van der Waals surface area contributed by atoms with Crippen molar-refractivity contribution in [3.63, 3.8) is 0 Å². The van der Waals surface area contributed by atoms with E-state index in [1.54, 1.807) is 0 Å². The molecule has 0 aliphatic rings. The van der Waals surface area contributed by atoms with Crippen molar-refractivity contribution in [2.75, 3.05) is 0 Å². The summed E-state index contributed by atoms with van der Waals surface area (Å²) in [5, 5.41) is 5.63. The van der Waals surface area contributed by atoms with Crippen LogP contribution in [0.3, 0.4) is 0 Å². The summed E-state index contributed by atoms with van der Waals surface area (Å²) in [5.74, 6) is 0. The summed E-state index contributed by atoms with van der Waals surface area (Å²) < 4.78 is 2.67. The molecule has 0 fully saturated rings. The van der Waals surface area contributed by atoms with E-state index in [1.165, 1.54) is 131 Å². The first-order chi connectivity index (χ1) is 19.1. The molecule has 6 rings (SSSR count). The van der Waals surface area contributed by atoms with Gasteiger partial charge in [-0.3, -0.25) is 0 Å². The van der Waals surface area contributed by atoms with Crippen LogP contribution in [-0.4, -0.2) is 127 Å². The zero-order chi connectivity index (χ0) is 30.1. The van der Waals surface area contributed by atoms with Gasteiger partial charge in [-0.05, 0) is 16.2 Å². The zero-order valence-electron chi connectivity index (χ0n) is 27.9. The molecular formula is C24H31B15N2. The Morgan fingerprint density at radius 1 is 0.293 bits per heavy atom. The van der Waals surface area contributed by atoms with Crippen molar-refractivity contribution >= 4 is 243 Å². The van der Waals surface area contributed by atoms with Gasteiger partial charge in [0.25, 0.3) is 0 Å². The topological polar surface area (TPSA) is 20.7 Å². The number of H-pyrrole nitrogens is 1. The highest BCUT2D eigenvalue weighted by Crippen LogP contribution is 2.27. The summed E-state index contributed by atoms with van der Waals surface area (Å²) in [6.07, 6.45) is 0. The maximum absolute atomic E-state index is 3.92. The van der Waals surface area contributed by atoms with Crippen LogP contribution in [-0.2, 0) is 0 Å². The molecule has 0 atom stereocenters. The fourth-order valence-electron chi connectivity index (χ4n) is 7.94. The van der Waals surface area contributed by atoms with Crippen LogP contribution in [0.1, 0.15) is 0 Å². The number of nitrogens with one attached hydrogen (secondary N) is 1. The number of fused-ring (bicyclic) bond motifs is 6. The van der Waals surface area contributed by atoms with Crippen LogP contribution in [0.2, 0.25) is 0 Å². The van der Waals surface area contributed by atoms with E-state index in [2.05, 4.69) is 127 Å². The predicted octanol–water partition coefficient (Wildman–Crippen LogP) is -19.7. The third-order valence-electron chi connectivity index (χ3n) is 11.7. The number of hydrogen-bond acceptors (Lipinski definition) is 0. The first kappa shape index (κ1) is 28.6. The maximum Gasteiger partial charge on any atom is 0.142 e. The van der Waals surface area contributed by atoms with Crippen LogP contribution in [0, 0.1) is 0 Å². The Hall–Kier alpha value is -2.55. The Morgan fingerprint density at radius 2 is 0.610 bits per heavy atom. The number of rotatable bonds is 1. The third kappa shape index (κ3) is 3.41. The van der Waals surface area contributed by atoms with Gasteiger partial charge in [0.15, 0.2) is 0 Å². The summed E-state index contributed by atoms with van der Waals surface area (Å²) in [4.78, 5) is 3.92. The SMILES string of the molecule is Bc1c(B)c(B)c2c([nH]c3c(B)c(B)c(-n4c5c(B)c(B)c(B)c(B)c5c5c(B)c(B)c(B)c(B)c54)c(B)c32)c1B. The predicted molar refractivity (Wildman–Crippen MR) is 233 cm³/mol. The fraction of sp³-hybridized carbons (Fsp3) is 0. The zero-order valence-corrected chi connectivity index (χ0v) is 27.9. The largest absolute Gasteiger partial charge is 0.356 e. The summed E-state index contributed by atoms with van der Waals surface area (Å²) in [6.45, 7) is 0. The van der Waals surface area contributed by atoms with Crippen molar-refractivity contribution in [2.45, 2.75) is 0 Å². The molecule has 0 spiro atoms. The van der Waals surface area contributed by atoms with Gasteiger partial charge in [-0.1, -0.05) is 65.6 Å². The van der Waals surface area contributed by atoms with Gasteiger partial charge < -0.3 is 9.55 Å². The van der Waals surface area contributed by atoms with Crippen molar-refractivity contribution in [1.82, 2.24) is 9.55 Å². The average molecular weight is 510 g/mol. The van der Waals surface area contributed by atoms with Gasteiger partial charge in [-0.2, -0.15) is 0 Å². The Bertz CT molecular complexity index is 2130. The standard InChI is InChI=1S/C24H31B15N2/c25-5-1-2-8(28)24(19(39)16(36)21(2)40-20(1)15(35)12(32)9(5)29)41-22-3(6(26)10(30)13(33)17(22)37)4-7(27)11(31)14(34)18(38)23(4)41/h40H,25-39H2. The molecule has 41 heavy (non-hydrogen) atoms. The van der Waals surface area contributed by atoms with E-state index in [0.29, 0.717) is 0 Å². The van der Waals surface area contributed by atoms with Gasteiger partial charge in [0.1, 0.15) is 118 Å². The highest BCUT2D eigenvalue weighted by atomic mass is 15.0. The second-order valence-corrected chi connectivity index (χ2v) is 13.1. The number of nitrogens with zero attached hydrogens (tertiary/aromatic N) is 1. The van der Waals surface area contributed by atoms with Gasteiger partial charge in [-0.15, -0.1) is 16.4 Å². The van der Waals surface area contributed by atoms with Crippen LogP contribution in [0.5, 0.6) is 0 Å². The summed E-state index contributed by atoms with van der Waals surface area (Å²) in [6, 6.07) is 0. The fourth-order valence-corrected chi connectivity index (χ4v) is 7.94. The molecule has 182 valence electrons. The Balaban J connectivity index is 1.99. The highest BCUT2D eigenvalue weighted by Gasteiger charge is 2.26. The summed E-state index contributed by atoms with van der Waals surface area (Å²) in [7, 11) is 34.7. The molecule has 0 amide bonds. The van der Waals surface area contributed by atoms with Gasteiger partial charge in [-0.25, -0.2) is 0 Å². The lowest BCUT2D eigenvalue weighted by atomic mass is 9.63. The lowest BCUT2D eigenvalue weighted by Gasteiger charge is -2.23. The Morgan fingerprint density at radius 3 is 1.05 bits per heavy atom. The molecule has 0 bridgehead atoms.